The topological polar surface area (TPSA) is 71.2 Å². The zero-order valence-electron chi connectivity index (χ0n) is 11.0. The molecule has 1 aromatic heterocycles. The van der Waals surface area contributed by atoms with E-state index < -0.39 is 0 Å². The van der Waals surface area contributed by atoms with Crippen LogP contribution in [0, 0.1) is 0 Å². The maximum absolute atomic E-state index is 11.4. The van der Waals surface area contributed by atoms with Gasteiger partial charge in [-0.3, -0.25) is 4.79 Å². The second kappa shape index (κ2) is 5.35. The van der Waals surface area contributed by atoms with Crippen LogP contribution in [0.1, 0.15) is 23.2 Å². The van der Waals surface area contributed by atoms with Gasteiger partial charge in [0, 0.05) is 31.9 Å². The fraction of sp³-hybridized carbons (Fsp3) is 0.538. The predicted octanol–water partition coefficient (Wildman–Crippen LogP) is 0.211. The van der Waals surface area contributed by atoms with Crippen molar-refractivity contribution in [2.75, 3.05) is 25.5 Å². The van der Waals surface area contributed by atoms with Gasteiger partial charge >= 0.3 is 0 Å². The number of hydrogen-bond acceptors (Lipinski definition) is 4. The average Bonchev–Trinajstić information content (AvgIpc) is 2.83. The van der Waals surface area contributed by atoms with Crippen molar-refractivity contribution in [2.45, 2.75) is 25.8 Å². The summed E-state index contributed by atoms with van der Waals surface area (Å²) in [5.41, 5.74) is 9.27. The number of aryl methyl sites for hydroxylation is 2. The van der Waals surface area contributed by atoms with Crippen molar-refractivity contribution in [1.29, 1.82) is 0 Å². The number of nitrogens with zero attached hydrogens (tertiary/aromatic N) is 2. The lowest BCUT2D eigenvalue weighted by Crippen LogP contribution is -2.34. The minimum Gasteiger partial charge on any atom is -0.358 e. The highest BCUT2D eigenvalue weighted by Crippen LogP contribution is 2.26. The van der Waals surface area contributed by atoms with E-state index in [9.17, 15) is 4.79 Å². The van der Waals surface area contributed by atoms with Gasteiger partial charge in [0.2, 0.25) is 5.91 Å². The van der Waals surface area contributed by atoms with Crippen molar-refractivity contribution >= 4 is 11.7 Å². The van der Waals surface area contributed by atoms with Crippen molar-refractivity contribution in [3.05, 3.63) is 22.9 Å². The Labute approximate surface area is 107 Å². The van der Waals surface area contributed by atoms with E-state index in [-0.39, 0.29) is 5.91 Å². The fourth-order valence-corrected chi connectivity index (χ4v) is 2.36. The maximum Gasteiger partial charge on any atom is 0.239 e. The molecule has 5 nitrogen and oxygen atoms in total. The third-order valence-electron chi connectivity index (χ3n) is 3.35. The molecule has 2 rings (SSSR count). The van der Waals surface area contributed by atoms with Gasteiger partial charge in [0.1, 0.15) is 5.82 Å². The summed E-state index contributed by atoms with van der Waals surface area (Å²) in [5.74, 6) is 0.810. The zero-order chi connectivity index (χ0) is 13.1. The molecule has 1 amide bonds. The van der Waals surface area contributed by atoms with Crippen LogP contribution < -0.4 is 16.0 Å². The molecule has 0 unspecified atom stereocenters. The number of nitrogens with two attached hydrogens (primary N) is 1. The largest absolute Gasteiger partial charge is 0.358 e. The van der Waals surface area contributed by atoms with Crippen LogP contribution in [0.15, 0.2) is 6.07 Å². The van der Waals surface area contributed by atoms with E-state index in [1.165, 1.54) is 5.56 Å². The molecule has 0 atom stereocenters. The summed E-state index contributed by atoms with van der Waals surface area (Å²) >= 11 is 0. The first-order valence-electron chi connectivity index (χ1n) is 6.29. The Kier molecular flexibility index (Phi) is 3.81. The number of nitrogens with one attached hydrogen (secondary N) is 1. The van der Waals surface area contributed by atoms with E-state index in [1.54, 1.807) is 7.05 Å². The van der Waals surface area contributed by atoms with E-state index >= 15 is 0 Å². The second-order valence-electron chi connectivity index (χ2n) is 4.66. The fourth-order valence-electron chi connectivity index (χ4n) is 2.36. The van der Waals surface area contributed by atoms with Crippen LogP contribution in [0.5, 0.6) is 0 Å². The number of anilines is 1. The summed E-state index contributed by atoms with van der Waals surface area (Å²) < 4.78 is 0. The van der Waals surface area contributed by atoms with Gasteiger partial charge in [-0.25, -0.2) is 4.98 Å². The molecule has 0 aromatic carbocycles. The standard InChI is InChI=1S/C13H20N4O/c1-15-12(18)8-17(2)13-10(7-14)6-9-4-3-5-11(9)16-13/h6H,3-5,7-8,14H2,1-2H3,(H,15,18). The zero-order valence-corrected chi connectivity index (χ0v) is 11.0. The lowest BCUT2D eigenvalue weighted by Gasteiger charge is -2.21. The number of amides is 1. The molecule has 3 N–H and O–H groups in total. The molecule has 0 spiro atoms. The molecule has 0 saturated heterocycles. The van der Waals surface area contributed by atoms with E-state index in [1.807, 2.05) is 11.9 Å². The Morgan fingerprint density at radius 3 is 3.00 bits per heavy atom. The molecule has 1 aliphatic rings. The number of hydrogen-bond donors (Lipinski definition) is 2. The first-order valence-corrected chi connectivity index (χ1v) is 6.29. The third-order valence-corrected chi connectivity index (χ3v) is 3.35. The molecule has 1 aromatic rings. The van der Waals surface area contributed by atoms with E-state index in [2.05, 4.69) is 16.4 Å². The highest BCUT2D eigenvalue weighted by molar-refractivity contribution is 5.80. The van der Waals surface area contributed by atoms with E-state index in [4.69, 9.17) is 5.73 Å². The first kappa shape index (κ1) is 12.8. The van der Waals surface area contributed by atoms with Crippen molar-refractivity contribution in [3.8, 4) is 0 Å². The molecule has 0 saturated carbocycles. The van der Waals surface area contributed by atoms with Gasteiger partial charge in [0.05, 0.1) is 6.54 Å². The molecular weight excluding hydrogens is 228 g/mol. The lowest BCUT2D eigenvalue weighted by atomic mass is 10.1. The quantitative estimate of drug-likeness (QED) is 0.799. The van der Waals surface area contributed by atoms with Crippen LogP contribution in [-0.4, -0.2) is 31.5 Å². The SMILES string of the molecule is CNC(=O)CN(C)c1nc2c(cc1CN)CCC2. The highest BCUT2D eigenvalue weighted by Gasteiger charge is 2.18. The molecule has 98 valence electrons. The lowest BCUT2D eigenvalue weighted by molar-refractivity contribution is -0.119. The van der Waals surface area contributed by atoms with Gasteiger partial charge in [-0.2, -0.15) is 0 Å². The summed E-state index contributed by atoms with van der Waals surface area (Å²) in [6, 6.07) is 2.14. The predicted molar refractivity (Wildman–Crippen MR) is 71.5 cm³/mol. The van der Waals surface area contributed by atoms with Crippen molar-refractivity contribution in [3.63, 3.8) is 0 Å². The highest BCUT2D eigenvalue weighted by atomic mass is 16.1. The van der Waals surface area contributed by atoms with Crippen LogP contribution in [0.4, 0.5) is 5.82 Å². The molecule has 18 heavy (non-hydrogen) atoms. The summed E-state index contributed by atoms with van der Waals surface area (Å²) in [7, 11) is 3.51. The van der Waals surface area contributed by atoms with Crippen molar-refractivity contribution in [1.82, 2.24) is 10.3 Å². The van der Waals surface area contributed by atoms with Gasteiger partial charge in [-0.1, -0.05) is 0 Å². The van der Waals surface area contributed by atoms with Crippen LogP contribution >= 0.6 is 0 Å². The van der Waals surface area contributed by atoms with Crippen LogP contribution in [-0.2, 0) is 24.2 Å². The number of likely N-dealkylation sites (N-methyl/N-ethyl adjacent to an activating group) is 2. The van der Waals surface area contributed by atoms with Gasteiger partial charge in [-0.15, -0.1) is 0 Å². The Morgan fingerprint density at radius 2 is 2.33 bits per heavy atom. The number of carbonyl (C=O) groups is 1. The number of fused-ring (bicyclic) bond motifs is 1. The normalized spacial score (nSPS) is 13.3. The number of carbonyl (C=O) groups excluding carboxylic acids is 1. The minimum absolute atomic E-state index is 0.0252. The monoisotopic (exact) mass is 248 g/mol. The van der Waals surface area contributed by atoms with Gasteiger partial charge < -0.3 is 16.0 Å². The number of pyridine rings is 1. The Bertz CT molecular complexity index is 459. The summed E-state index contributed by atoms with van der Waals surface area (Å²) in [4.78, 5) is 18.0. The maximum atomic E-state index is 11.4. The summed E-state index contributed by atoms with van der Waals surface area (Å²) in [6.07, 6.45) is 3.28. The van der Waals surface area contributed by atoms with E-state index in [0.717, 1.165) is 36.3 Å². The molecule has 1 aliphatic carbocycles. The van der Waals surface area contributed by atoms with Crippen LogP contribution in [0.25, 0.3) is 0 Å². The average molecular weight is 248 g/mol. The molecule has 0 bridgehead atoms. The summed E-state index contributed by atoms with van der Waals surface area (Å²) in [6.45, 7) is 0.753. The first-order chi connectivity index (χ1) is 8.65. The van der Waals surface area contributed by atoms with Gasteiger partial charge in [0.25, 0.3) is 0 Å². The van der Waals surface area contributed by atoms with Gasteiger partial charge in [-0.05, 0) is 30.9 Å². The molecule has 1 heterocycles. The molecule has 0 fully saturated rings. The second-order valence-corrected chi connectivity index (χ2v) is 4.66. The smallest absolute Gasteiger partial charge is 0.239 e. The third kappa shape index (κ3) is 2.46. The molecular formula is C13H20N4O. The van der Waals surface area contributed by atoms with Crippen LogP contribution in [0.3, 0.4) is 0 Å². The molecule has 5 heteroatoms. The Hall–Kier alpha value is -1.62. The Balaban J connectivity index is 2.28. The minimum atomic E-state index is -0.0252. The molecule has 0 aliphatic heterocycles. The number of aromatic nitrogens is 1. The van der Waals surface area contributed by atoms with Crippen molar-refractivity contribution in [2.24, 2.45) is 5.73 Å². The Morgan fingerprint density at radius 1 is 1.56 bits per heavy atom. The molecule has 0 radical (unpaired) electrons. The van der Waals surface area contributed by atoms with Crippen molar-refractivity contribution < 1.29 is 4.79 Å². The van der Waals surface area contributed by atoms with E-state index in [0.29, 0.717) is 13.1 Å². The van der Waals surface area contributed by atoms with Gasteiger partial charge in [0.15, 0.2) is 0 Å². The van der Waals surface area contributed by atoms with Crippen LogP contribution in [0.2, 0.25) is 0 Å². The summed E-state index contributed by atoms with van der Waals surface area (Å²) in [5, 5.41) is 2.62. The number of rotatable bonds is 4.